The van der Waals surface area contributed by atoms with Crippen LogP contribution in [0.1, 0.15) is 54.1 Å². The number of hydrogen-bond donors (Lipinski definition) is 3. The van der Waals surface area contributed by atoms with Crippen LogP contribution < -0.4 is 10.0 Å². The highest BCUT2D eigenvalue weighted by molar-refractivity contribution is 7.94. The van der Waals surface area contributed by atoms with Gasteiger partial charge >= 0.3 is 6.03 Å². The molecule has 162 valence electrons. The molecule has 30 heavy (non-hydrogen) atoms. The Hall–Kier alpha value is -1.88. The number of aliphatic hydroxyl groups is 1. The predicted molar refractivity (Wildman–Crippen MR) is 115 cm³/mol. The number of carbonyl (C=O) groups is 1. The second kappa shape index (κ2) is 7.67. The first-order valence-electron chi connectivity index (χ1n) is 9.94. The molecule has 7 nitrogen and oxygen atoms in total. The molecule has 1 unspecified atom stereocenters. The van der Waals surface area contributed by atoms with Crippen molar-refractivity contribution in [2.75, 3.05) is 12.4 Å². The van der Waals surface area contributed by atoms with Crippen molar-refractivity contribution < 1.29 is 18.5 Å². The molecule has 0 aliphatic heterocycles. The molecule has 0 saturated carbocycles. The van der Waals surface area contributed by atoms with E-state index in [-0.39, 0.29) is 4.21 Å². The Morgan fingerprint density at radius 3 is 2.33 bits per heavy atom. The molecule has 2 heterocycles. The fourth-order valence-corrected chi connectivity index (χ4v) is 6.82. The number of urea groups is 1. The maximum Gasteiger partial charge on any atom is 0.354 e. The Bertz CT molecular complexity index is 1110. The van der Waals surface area contributed by atoms with Crippen molar-refractivity contribution in [1.29, 1.82) is 0 Å². The molecule has 0 spiro atoms. The second-order valence-electron chi connectivity index (χ2n) is 8.10. The number of anilines is 1. The number of pyridine rings is 1. The molecule has 2 aromatic rings. The highest BCUT2D eigenvalue weighted by Gasteiger charge is 2.29. The molecule has 0 bridgehead atoms. The standard InChI is InChI=1S/C20H25FN4O3S2/c1-20(2,27)16-10-13(21)18(29-16)30(28,22-3)25-19(26)24-17-11-6-4-8-14(11)23-15-9-5-7-12(15)17/h10,27H,4-9H2,1-3H3,(H2,22,23,24,25,26,28). The average Bonchev–Trinajstić information content (AvgIpc) is 3.39. The zero-order valence-corrected chi connectivity index (χ0v) is 18.8. The van der Waals surface area contributed by atoms with Crippen molar-refractivity contribution in [3.05, 3.63) is 39.3 Å². The lowest BCUT2D eigenvalue weighted by Crippen LogP contribution is -2.22. The molecular weight excluding hydrogens is 427 g/mol. The summed E-state index contributed by atoms with van der Waals surface area (Å²) in [6, 6.07) is 0.342. The molecule has 2 amide bonds. The zero-order valence-electron chi connectivity index (χ0n) is 17.2. The number of hydrogen-bond acceptors (Lipinski definition) is 5. The van der Waals surface area contributed by atoms with Crippen molar-refractivity contribution >= 4 is 33.0 Å². The van der Waals surface area contributed by atoms with Gasteiger partial charge in [-0.25, -0.2) is 18.1 Å². The fourth-order valence-electron chi connectivity index (χ4n) is 4.01. The highest BCUT2D eigenvalue weighted by Crippen LogP contribution is 2.37. The predicted octanol–water partition coefficient (Wildman–Crippen LogP) is 3.68. The summed E-state index contributed by atoms with van der Waals surface area (Å²) in [5.41, 5.74) is 3.53. The van der Waals surface area contributed by atoms with Crippen molar-refractivity contribution in [3.8, 4) is 0 Å². The molecule has 10 heteroatoms. The van der Waals surface area contributed by atoms with Gasteiger partial charge in [-0.3, -0.25) is 4.98 Å². The van der Waals surface area contributed by atoms with E-state index in [4.69, 9.17) is 4.98 Å². The Labute approximate surface area is 179 Å². The van der Waals surface area contributed by atoms with E-state index in [1.54, 1.807) is 0 Å². The van der Waals surface area contributed by atoms with E-state index in [0.717, 1.165) is 84.1 Å². The summed E-state index contributed by atoms with van der Waals surface area (Å²) in [6.45, 7) is 3.02. The Kier molecular flexibility index (Phi) is 5.46. The van der Waals surface area contributed by atoms with Crippen LogP contribution in [0.5, 0.6) is 0 Å². The van der Waals surface area contributed by atoms with E-state index in [2.05, 4.69) is 14.4 Å². The topological polar surface area (TPSA) is 104 Å². The smallest absolute Gasteiger partial charge is 0.354 e. The van der Waals surface area contributed by atoms with Gasteiger partial charge in [0.25, 0.3) is 0 Å². The quantitative estimate of drug-likeness (QED) is 0.658. The molecule has 4 rings (SSSR count). The Morgan fingerprint density at radius 1 is 1.23 bits per heavy atom. The number of amides is 2. The normalized spacial score (nSPS) is 17.4. The van der Waals surface area contributed by atoms with Gasteiger partial charge in [0.2, 0.25) is 0 Å². The van der Waals surface area contributed by atoms with Crippen LogP contribution in [0.2, 0.25) is 0 Å². The van der Waals surface area contributed by atoms with E-state index < -0.39 is 27.4 Å². The third-order valence-electron chi connectivity index (χ3n) is 5.48. The molecule has 2 aromatic heterocycles. The molecule has 2 aliphatic rings. The van der Waals surface area contributed by atoms with Crippen LogP contribution in [0.25, 0.3) is 0 Å². The molecule has 1 atom stereocenters. The number of fused-ring (bicyclic) bond motifs is 2. The van der Waals surface area contributed by atoms with Crippen LogP contribution in [-0.4, -0.2) is 27.4 Å². The summed E-state index contributed by atoms with van der Waals surface area (Å²) in [5.74, 6) is -0.765. The van der Waals surface area contributed by atoms with Gasteiger partial charge in [-0.1, -0.05) is 0 Å². The molecule has 2 aliphatic carbocycles. The van der Waals surface area contributed by atoms with Crippen LogP contribution in [0.4, 0.5) is 14.9 Å². The third-order valence-corrected chi connectivity index (χ3v) is 9.30. The van der Waals surface area contributed by atoms with Crippen LogP contribution in [0, 0.1) is 5.82 Å². The molecule has 0 saturated heterocycles. The minimum atomic E-state index is -3.54. The third kappa shape index (κ3) is 3.77. The summed E-state index contributed by atoms with van der Waals surface area (Å²) in [4.78, 5) is 17.8. The number of nitrogens with one attached hydrogen (secondary N) is 2. The largest absolute Gasteiger partial charge is 0.385 e. The highest BCUT2D eigenvalue weighted by atomic mass is 32.2. The summed E-state index contributed by atoms with van der Waals surface area (Å²) in [5, 5.41) is 13.0. The van der Waals surface area contributed by atoms with E-state index in [1.165, 1.54) is 20.9 Å². The number of rotatable bonds is 4. The first-order chi connectivity index (χ1) is 14.1. The molecule has 0 radical (unpaired) electrons. The number of halogens is 1. The van der Waals surface area contributed by atoms with Gasteiger partial charge in [0.05, 0.1) is 11.3 Å². The Morgan fingerprint density at radius 2 is 1.83 bits per heavy atom. The summed E-state index contributed by atoms with van der Waals surface area (Å²) in [6.07, 6.45) is 5.41. The minimum absolute atomic E-state index is 0.206. The van der Waals surface area contributed by atoms with Gasteiger partial charge in [-0.15, -0.1) is 15.7 Å². The lowest BCUT2D eigenvalue weighted by atomic mass is 10.1. The number of thiophene rings is 1. The maximum absolute atomic E-state index is 14.5. The maximum atomic E-state index is 14.5. The van der Waals surface area contributed by atoms with Crippen molar-refractivity contribution in [2.45, 2.75) is 62.2 Å². The van der Waals surface area contributed by atoms with E-state index >= 15 is 0 Å². The molecule has 0 fully saturated rings. The summed E-state index contributed by atoms with van der Waals surface area (Å²) in [7, 11) is -2.18. The lowest BCUT2D eigenvalue weighted by molar-refractivity contribution is 0.0823. The zero-order chi connectivity index (χ0) is 21.7. The second-order valence-corrected chi connectivity index (χ2v) is 11.5. The summed E-state index contributed by atoms with van der Waals surface area (Å²) < 4.78 is 34.0. The monoisotopic (exact) mass is 452 g/mol. The van der Waals surface area contributed by atoms with Crippen LogP contribution in [0.3, 0.4) is 0 Å². The first kappa shape index (κ1) is 21.4. The number of carbonyl (C=O) groups excluding carboxylic acids is 1. The van der Waals surface area contributed by atoms with E-state index in [0.29, 0.717) is 4.88 Å². The van der Waals surface area contributed by atoms with Gasteiger partial charge in [0, 0.05) is 16.3 Å². The van der Waals surface area contributed by atoms with Gasteiger partial charge < -0.3 is 10.4 Å². The average molecular weight is 453 g/mol. The van der Waals surface area contributed by atoms with Crippen LogP contribution in [-0.2, 0) is 41.2 Å². The summed E-state index contributed by atoms with van der Waals surface area (Å²) >= 11 is 0.840. The van der Waals surface area contributed by atoms with Gasteiger partial charge in [-0.05, 0) is 76.6 Å². The van der Waals surface area contributed by atoms with Crippen LogP contribution >= 0.6 is 11.3 Å². The van der Waals surface area contributed by atoms with Gasteiger partial charge in [0.15, 0.2) is 19.9 Å². The minimum Gasteiger partial charge on any atom is -0.385 e. The lowest BCUT2D eigenvalue weighted by Gasteiger charge is -2.15. The fraction of sp³-hybridized carbons (Fsp3) is 0.500. The van der Waals surface area contributed by atoms with Crippen molar-refractivity contribution in [1.82, 2.24) is 9.71 Å². The van der Waals surface area contributed by atoms with E-state index in [1.807, 2.05) is 0 Å². The first-order valence-corrected chi connectivity index (χ1v) is 12.3. The van der Waals surface area contributed by atoms with Gasteiger partial charge in [-0.2, -0.15) is 0 Å². The van der Waals surface area contributed by atoms with Crippen molar-refractivity contribution in [2.24, 2.45) is 4.36 Å². The van der Waals surface area contributed by atoms with Crippen molar-refractivity contribution in [3.63, 3.8) is 0 Å². The molecule has 3 N–H and O–H groups in total. The Balaban J connectivity index is 1.71. The van der Waals surface area contributed by atoms with E-state index in [9.17, 15) is 18.5 Å². The molecule has 0 aromatic carbocycles. The SMILES string of the molecule is CNS(=O)(=NC(=O)Nc1c2c(nc3c1CCC3)CCC2)c1sc(C(C)(C)O)cc1F. The number of aryl methyl sites for hydroxylation is 2. The number of aromatic nitrogens is 1. The molecular formula is C20H25FN4O3S2. The number of nitrogens with zero attached hydrogens (tertiary/aromatic N) is 2. The van der Waals surface area contributed by atoms with Gasteiger partial charge in [0.1, 0.15) is 0 Å². The van der Waals surface area contributed by atoms with Crippen LogP contribution in [0.15, 0.2) is 14.6 Å².